The maximum atomic E-state index is 12.9. The van der Waals surface area contributed by atoms with Crippen LogP contribution in [0.15, 0.2) is 17.0 Å². The van der Waals surface area contributed by atoms with Gasteiger partial charge in [0.25, 0.3) is 0 Å². The molecule has 2 unspecified atom stereocenters. The van der Waals surface area contributed by atoms with Crippen LogP contribution in [0.4, 0.5) is 0 Å². The number of hydrogen-bond acceptors (Lipinski definition) is 4. The topological polar surface area (TPSA) is 66.8 Å². The number of aliphatic hydroxyl groups excluding tert-OH is 1. The van der Waals surface area contributed by atoms with Crippen molar-refractivity contribution in [2.75, 3.05) is 20.2 Å². The Morgan fingerprint density at radius 3 is 2.33 bits per heavy atom. The third kappa shape index (κ3) is 3.07. The molecular formula is C15H23NO4S. The minimum Gasteiger partial charge on any atom is -0.497 e. The fraction of sp³-hybridized carbons (Fsp3) is 0.600. The Hall–Kier alpha value is -1.11. The van der Waals surface area contributed by atoms with Crippen LogP contribution in [0.25, 0.3) is 0 Å². The number of rotatable bonds is 3. The SMILES string of the molecule is COc1cc(C)c(S(=O)(=O)N2CCC(O)C(C)C2)c(C)c1. The highest BCUT2D eigenvalue weighted by atomic mass is 32.2. The van der Waals surface area contributed by atoms with E-state index in [2.05, 4.69) is 0 Å². The molecule has 1 aromatic carbocycles. The largest absolute Gasteiger partial charge is 0.497 e. The predicted octanol–water partition coefficient (Wildman–Crippen LogP) is 1.70. The number of hydrogen-bond donors (Lipinski definition) is 1. The number of benzene rings is 1. The Kier molecular flexibility index (Phi) is 4.60. The van der Waals surface area contributed by atoms with Crippen molar-refractivity contribution in [2.45, 2.75) is 38.2 Å². The Morgan fingerprint density at radius 1 is 1.29 bits per heavy atom. The Balaban J connectivity index is 2.41. The van der Waals surface area contributed by atoms with E-state index in [0.717, 1.165) is 0 Å². The van der Waals surface area contributed by atoms with E-state index in [1.54, 1.807) is 33.1 Å². The average Bonchev–Trinajstić information content (AvgIpc) is 2.40. The van der Waals surface area contributed by atoms with Crippen LogP contribution < -0.4 is 4.74 Å². The number of aryl methyl sites for hydroxylation is 2. The molecule has 0 amide bonds. The number of sulfonamides is 1. The van der Waals surface area contributed by atoms with E-state index in [0.29, 0.717) is 41.3 Å². The van der Waals surface area contributed by atoms with Gasteiger partial charge in [-0.1, -0.05) is 6.92 Å². The summed E-state index contributed by atoms with van der Waals surface area (Å²) in [5.74, 6) is 0.610. The summed E-state index contributed by atoms with van der Waals surface area (Å²) in [5.41, 5.74) is 1.37. The van der Waals surface area contributed by atoms with Crippen molar-refractivity contribution in [2.24, 2.45) is 5.92 Å². The van der Waals surface area contributed by atoms with Crippen molar-refractivity contribution >= 4 is 10.0 Å². The van der Waals surface area contributed by atoms with Gasteiger partial charge in [-0.15, -0.1) is 0 Å². The number of methoxy groups -OCH3 is 1. The molecule has 1 aliphatic rings. The third-order valence-electron chi connectivity index (χ3n) is 4.09. The van der Waals surface area contributed by atoms with Gasteiger partial charge in [0.05, 0.1) is 18.1 Å². The average molecular weight is 313 g/mol. The van der Waals surface area contributed by atoms with Crippen LogP contribution in [0.1, 0.15) is 24.5 Å². The van der Waals surface area contributed by atoms with E-state index in [1.807, 2.05) is 6.92 Å². The molecule has 1 N–H and O–H groups in total. The first-order valence-electron chi connectivity index (χ1n) is 7.10. The van der Waals surface area contributed by atoms with Gasteiger partial charge in [0.15, 0.2) is 0 Å². The van der Waals surface area contributed by atoms with E-state index in [-0.39, 0.29) is 5.92 Å². The van der Waals surface area contributed by atoms with Gasteiger partial charge in [-0.05, 0) is 49.4 Å². The van der Waals surface area contributed by atoms with Crippen LogP contribution in [-0.2, 0) is 10.0 Å². The molecule has 1 aliphatic heterocycles. The smallest absolute Gasteiger partial charge is 0.243 e. The third-order valence-corrected chi connectivity index (χ3v) is 6.26. The molecule has 21 heavy (non-hydrogen) atoms. The molecule has 1 heterocycles. The lowest BCUT2D eigenvalue weighted by Crippen LogP contribution is -2.45. The molecule has 0 spiro atoms. The van der Waals surface area contributed by atoms with E-state index in [1.165, 1.54) is 4.31 Å². The lowest BCUT2D eigenvalue weighted by molar-refractivity contribution is 0.0628. The second-order valence-electron chi connectivity index (χ2n) is 5.79. The standard InChI is InChI=1S/C15H23NO4S/c1-10-7-13(20-4)8-11(2)15(10)21(18,19)16-6-5-14(17)12(3)9-16/h7-8,12,14,17H,5-6,9H2,1-4H3. The summed E-state index contributed by atoms with van der Waals surface area (Å²) in [6, 6.07) is 3.48. The van der Waals surface area contributed by atoms with Crippen LogP contribution in [0.5, 0.6) is 5.75 Å². The molecular weight excluding hydrogens is 290 g/mol. The molecule has 0 aliphatic carbocycles. The fourth-order valence-electron chi connectivity index (χ4n) is 2.88. The fourth-order valence-corrected chi connectivity index (χ4v) is 4.84. The summed E-state index contributed by atoms with van der Waals surface area (Å²) < 4.78 is 32.4. The zero-order chi connectivity index (χ0) is 15.8. The van der Waals surface area contributed by atoms with Gasteiger partial charge in [-0.25, -0.2) is 8.42 Å². The first-order valence-corrected chi connectivity index (χ1v) is 8.55. The van der Waals surface area contributed by atoms with Gasteiger partial charge in [0, 0.05) is 13.1 Å². The van der Waals surface area contributed by atoms with Gasteiger partial charge < -0.3 is 9.84 Å². The van der Waals surface area contributed by atoms with Crippen LogP contribution >= 0.6 is 0 Å². The van der Waals surface area contributed by atoms with Crippen LogP contribution in [-0.4, -0.2) is 44.1 Å². The molecule has 0 radical (unpaired) electrons. The summed E-state index contributed by atoms with van der Waals surface area (Å²) in [5, 5.41) is 9.77. The van der Waals surface area contributed by atoms with E-state index < -0.39 is 16.1 Å². The molecule has 1 saturated heterocycles. The molecule has 5 nitrogen and oxygen atoms in total. The summed E-state index contributed by atoms with van der Waals surface area (Å²) in [7, 11) is -1.97. The maximum absolute atomic E-state index is 12.9. The van der Waals surface area contributed by atoms with Crippen LogP contribution in [0.3, 0.4) is 0 Å². The number of ether oxygens (including phenoxy) is 1. The van der Waals surface area contributed by atoms with Gasteiger partial charge >= 0.3 is 0 Å². The van der Waals surface area contributed by atoms with Crippen molar-refractivity contribution in [1.82, 2.24) is 4.31 Å². The lowest BCUT2D eigenvalue weighted by Gasteiger charge is -2.34. The summed E-state index contributed by atoms with van der Waals surface area (Å²) in [6.07, 6.45) is 0.0591. The van der Waals surface area contributed by atoms with Crippen LogP contribution in [0.2, 0.25) is 0 Å². The highest BCUT2D eigenvalue weighted by molar-refractivity contribution is 7.89. The van der Waals surface area contributed by atoms with Gasteiger partial charge in [-0.3, -0.25) is 0 Å². The number of aliphatic hydroxyl groups is 1. The molecule has 6 heteroatoms. The second kappa shape index (κ2) is 5.94. The summed E-state index contributed by atoms with van der Waals surface area (Å²) >= 11 is 0. The normalized spacial score (nSPS) is 24.0. The van der Waals surface area contributed by atoms with Crippen LogP contribution in [0, 0.1) is 19.8 Å². The summed E-state index contributed by atoms with van der Waals surface area (Å²) in [4.78, 5) is 0.354. The minimum absolute atomic E-state index is 0.0487. The Labute approximate surface area is 126 Å². The quantitative estimate of drug-likeness (QED) is 0.922. The van der Waals surface area contributed by atoms with Gasteiger partial charge in [0.1, 0.15) is 5.75 Å². The minimum atomic E-state index is -3.54. The second-order valence-corrected chi connectivity index (χ2v) is 7.66. The Morgan fingerprint density at radius 2 is 1.86 bits per heavy atom. The molecule has 118 valence electrons. The maximum Gasteiger partial charge on any atom is 0.243 e. The first-order chi connectivity index (χ1) is 9.77. The predicted molar refractivity (Wildman–Crippen MR) is 81.0 cm³/mol. The van der Waals surface area contributed by atoms with E-state index >= 15 is 0 Å². The van der Waals surface area contributed by atoms with Crippen molar-refractivity contribution in [3.8, 4) is 5.75 Å². The number of piperidine rings is 1. The zero-order valence-corrected chi connectivity index (χ0v) is 13.8. The van der Waals surface area contributed by atoms with E-state index in [4.69, 9.17) is 4.74 Å². The van der Waals surface area contributed by atoms with Crippen molar-refractivity contribution in [3.05, 3.63) is 23.3 Å². The van der Waals surface area contributed by atoms with Crippen molar-refractivity contribution in [1.29, 1.82) is 0 Å². The number of nitrogens with zero attached hydrogens (tertiary/aromatic N) is 1. The molecule has 0 bridgehead atoms. The van der Waals surface area contributed by atoms with E-state index in [9.17, 15) is 13.5 Å². The Bertz CT molecular complexity index is 604. The summed E-state index contributed by atoms with van der Waals surface area (Å²) in [6.45, 7) is 6.16. The molecule has 1 fully saturated rings. The molecule has 2 atom stereocenters. The molecule has 2 rings (SSSR count). The van der Waals surface area contributed by atoms with Gasteiger partial charge in [-0.2, -0.15) is 4.31 Å². The molecule has 0 saturated carbocycles. The monoisotopic (exact) mass is 313 g/mol. The van der Waals surface area contributed by atoms with Gasteiger partial charge in [0.2, 0.25) is 10.0 Å². The van der Waals surface area contributed by atoms with Crippen molar-refractivity contribution < 1.29 is 18.3 Å². The highest BCUT2D eigenvalue weighted by Gasteiger charge is 2.34. The molecule has 1 aromatic rings. The first kappa shape index (κ1) is 16.3. The molecule has 0 aromatic heterocycles. The zero-order valence-electron chi connectivity index (χ0n) is 13.0. The highest BCUT2D eigenvalue weighted by Crippen LogP contribution is 2.30. The van der Waals surface area contributed by atoms with Crippen molar-refractivity contribution in [3.63, 3.8) is 0 Å². The lowest BCUT2D eigenvalue weighted by atomic mass is 9.99.